The van der Waals surface area contributed by atoms with Gasteiger partial charge >= 0.3 is 0 Å². The zero-order chi connectivity index (χ0) is 16.4. The molecule has 2 atom stereocenters. The summed E-state index contributed by atoms with van der Waals surface area (Å²) in [5.74, 6) is 2.38. The molecular weight excluding hydrogens is 300 g/mol. The number of rotatable bonds is 6. The fraction of sp³-hybridized carbons (Fsp3) is 0.895. The summed E-state index contributed by atoms with van der Waals surface area (Å²) in [7, 11) is 0. The highest BCUT2D eigenvalue weighted by molar-refractivity contribution is 5.10. The molecule has 2 fully saturated rings. The van der Waals surface area contributed by atoms with Crippen molar-refractivity contribution in [3.05, 3.63) is 11.6 Å². The minimum Gasteiger partial charge on any atom is -0.378 e. The van der Waals surface area contributed by atoms with Crippen molar-refractivity contribution in [1.82, 2.24) is 20.1 Å². The van der Waals surface area contributed by atoms with Gasteiger partial charge in [-0.3, -0.25) is 0 Å². The summed E-state index contributed by atoms with van der Waals surface area (Å²) >= 11 is 0. The van der Waals surface area contributed by atoms with Crippen LogP contribution in [0.25, 0.3) is 0 Å². The molecule has 5 nitrogen and oxygen atoms in total. The minimum atomic E-state index is 0.428. The second-order valence-electron chi connectivity index (χ2n) is 7.87. The van der Waals surface area contributed by atoms with Crippen molar-refractivity contribution >= 4 is 0 Å². The molecule has 1 aromatic rings. The van der Waals surface area contributed by atoms with Gasteiger partial charge in [0.15, 0.2) is 0 Å². The zero-order valence-electron chi connectivity index (χ0n) is 15.1. The molecule has 4 rings (SSSR count). The highest BCUT2D eigenvalue weighted by Gasteiger charge is 2.56. The zero-order valence-corrected chi connectivity index (χ0v) is 15.1. The lowest BCUT2D eigenvalue weighted by molar-refractivity contribution is -0.130. The third kappa shape index (κ3) is 2.90. The fourth-order valence-corrected chi connectivity index (χ4v) is 5.26. The van der Waals surface area contributed by atoms with E-state index in [0.29, 0.717) is 17.6 Å². The Labute approximate surface area is 145 Å². The van der Waals surface area contributed by atoms with E-state index in [1.54, 1.807) is 0 Å². The van der Waals surface area contributed by atoms with Gasteiger partial charge in [0, 0.05) is 44.0 Å². The van der Waals surface area contributed by atoms with E-state index in [1.807, 2.05) is 0 Å². The Bertz CT molecular complexity index is 550. The lowest BCUT2D eigenvalue weighted by Crippen LogP contribution is -2.62. The first-order valence-electron chi connectivity index (χ1n) is 10.1. The number of aromatic nitrogens is 3. The quantitative estimate of drug-likeness (QED) is 0.870. The van der Waals surface area contributed by atoms with Crippen molar-refractivity contribution in [1.29, 1.82) is 0 Å². The number of ether oxygens (including phenoxy) is 1. The Morgan fingerprint density at radius 3 is 2.88 bits per heavy atom. The molecule has 2 saturated carbocycles. The van der Waals surface area contributed by atoms with Gasteiger partial charge in [0.25, 0.3) is 0 Å². The Balaban J connectivity index is 1.32. The van der Waals surface area contributed by atoms with Crippen LogP contribution >= 0.6 is 0 Å². The molecule has 134 valence electrons. The van der Waals surface area contributed by atoms with E-state index in [4.69, 9.17) is 4.74 Å². The Morgan fingerprint density at radius 2 is 2.04 bits per heavy atom. The van der Waals surface area contributed by atoms with E-state index in [0.717, 1.165) is 32.5 Å². The summed E-state index contributed by atoms with van der Waals surface area (Å²) in [5.41, 5.74) is 0.428. The van der Waals surface area contributed by atoms with E-state index >= 15 is 0 Å². The van der Waals surface area contributed by atoms with Gasteiger partial charge in [-0.2, -0.15) is 0 Å². The third-order valence-corrected chi connectivity index (χ3v) is 6.61. The predicted octanol–water partition coefficient (Wildman–Crippen LogP) is 2.87. The SMILES string of the molecule is CCO[C@H]1C[C@H](NCCc2nnc3n2CCCCC3)C12CCCC2. The summed E-state index contributed by atoms with van der Waals surface area (Å²) < 4.78 is 8.40. The molecule has 2 aliphatic carbocycles. The second kappa shape index (κ2) is 7.12. The highest BCUT2D eigenvalue weighted by Crippen LogP contribution is 2.54. The number of fused-ring (bicyclic) bond motifs is 1. The highest BCUT2D eigenvalue weighted by atomic mass is 16.5. The number of aryl methyl sites for hydroxylation is 1. The van der Waals surface area contributed by atoms with E-state index < -0.39 is 0 Å². The molecule has 0 amide bonds. The molecule has 0 bridgehead atoms. The van der Waals surface area contributed by atoms with E-state index in [-0.39, 0.29) is 0 Å². The molecular formula is C19H32N4O. The first-order valence-corrected chi connectivity index (χ1v) is 10.1. The van der Waals surface area contributed by atoms with Crippen molar-refractivity contribution < 1.29 is 4.74 Å². The predicted molar refractivity (Wildman–Crippen MR) is 94.0 cm³/mol. The maximum Gasteiger partial charge on any atom is 0.134 e. The lowest BCUT2D eigenvalue weighted by atomic mass is 9.60. The van der Waals surface area contributed by atoms with Gasteiger partial charge in [0.1, 0.15) is 11.6 Å². The molecule has 1 aromatic heterocycles. The van der Waals surface area contributed by atoms with Gasteiger partial charge in [-0.15, -0.1) is 10.2 Å². The van der Waals surface area contributed by atoms with Crippen molar-refractivity contribution in [3.8, 4) is 0 Å². The van der Waals surface area contributed by atoms with Crippen molar-refractivity contribution in [3.63, 3.8) is 0 Å². The summed E-state index contributed by atoms with van der Waals surface area (Å²) in [4.78, 5) is 0. The van der Waals surface area contributed by atoms with Crippen LogP contribution in [0.3, 0.4) is 0 Å². The lowest BCUT2D eigenvalue weighted by Gasteiger charge is -2.54. The van der Waals surface area contributed by atoms with Gasteiger partial charge in [-0.1, -0.05) is 19.3 Å². The van der Waals surface area contributed by atoms with Gasteiger partial charge in [-0.05, 0) is 39.0 Å². The molecule has 1 spiro atoms. The van der Waals surface area contributed by atoms with Gasteiger partial charge < -0.3 is 14.6 Å². The van der Waals surface area contributed by atoms with Crippen LogP contribution in [-0.2, 0) is 24.1 Å². The standard InChI is InChI=1S/C19H32N4O/c1-2-24-16-14-15(19(16)10-5-6-11-19)20-12-9-18-22-21-17-8-4-3-7-13-23(17)18/h15-16,20H,2-14H2,1H3/t15-,16-/m0/s1. The average Bonchev–Trinajstić information content (AvgIpc) is 3.18. The van der Waals surface area contributed by atoms with Crippen molar-refractivity contribution in [2.45, 2.75) is 89.8 Å². The molecule has 5 heteroatoms. The molecule has 1 N–H and O–H groups in total. The molecule has 3 aliphatic rings. The molecule has 24 heavy (non-hydrogen) atoms. The number of nitrogens with zero attached hydrogens (tertiary/aromatic N) is 3. The Morgan fingerprint density at radius 1 is 1.17 bits per heavy atom. The van der Waals surface area contributed by atoms with Crippen LogP contribution < -0.4 is 5.32 Å². The largest absolute Gasteiger partial charge is 0.378 e. The maximum absolute atomic E-state index is 6.02. The maximum atomic E-state index is 6.02. The van der Waals surface area contributed by atoms with Crippen LogP contribution in [0.5, 0.6) is 0 Å². The second-order valence-corrected chi connectivity index (χ2v) is 7.87. The monoisotopic (exact) mass is 332 g/mol. The first-order chi connectivity index (χ1) is 11.8. The molecule has 1 aliphatic heterocycles. The van der Waals surface area contributed by atoms with Crippen LogP contribution in [0.4, 0.5) is 0 Å². The normalized spacial score (nSPS) is 28.5. The summed E-state index contributed by atoms with van der Waals surface area (Å²) in [6, 6.07) is 0.642. The van der Waals surface area contributed by atoms with E-state index in [9.17, 15) is 0 Å². The van der Waals surface area contributed by atoms with Crippen LogP contribution in [0, 0.1) is 5.41 Å². The summed E-state index contributed by atoms with van der Waals surface area (Å²) in [6.45, 7) is 5.10. The van der Waals surface area contributed by atoms with Gasteiger partial charge in [0.05, 0.1) is 6.10 Å². The van der Waals surface area contributed by atoms with Gasteiger partial charge in [-0.25, -0.2) is 0 Å². The molecule has 0 saturated heterocycles. The first kappa shape index (κ1) is 16.5. The van der Waals surface area contributed by atoms with Crippen LogP contribution in [0.15, 0.2) is 0 Å². The molecule has 2 heterocycles. The smallest absolute Gasteiger partial charge is 0.134 e. The van der Waals surface area contributed by atoms with Crippen molar-refractivity contribution in [2.75, 3.05) is 13.2 Å². The fourth-order valence-electron chi connectivity index (χ4n) is 5.26. The average molecular weight is 332 g/mol. The topological polar surface area (TPSA) is 52.0 Å². The van der Waals surface area contributed by atoms with Crippen molar-refractivity contribution in [2.24, 2.45) is 5.41 Å². The number of nitrogens with one attached hydrogen (secondary N) is 1. The summed E-state index contributed by atoms with van der Waals surface area (Å²) in [6.07, 6.45) is 13.1. The number of hydrogen-bond donors (Lipinski definition) is 1. The van der Waals surface area contributed by atoms with Crippen LogP contribution in [0.1, 0.15) is 69.9 Å². The molecule has 0 aromatic carbocycles. The van der Waals surface area contributed by atoms with E-state index in [2.05, 4.69) is 27.0 Å². The van der Waals surface area contributed by atoms with Crippen LogP contribution in [0.2, 0.25) is 0 Å². The molecule has 0 radical (unpaired) electrons. The van der Waals surface area contributed by atoms with Crippen LogP contribution in [-0.4, -0.2) is 40.1 Å². The number of hydrogen-bond acceptors (Lipinski definition) is 4. The summed E-state index contributed by atoms with van der Waals surface area (Å²) in [5, 5.41) is 12.7. The Hall–Kier alpha value is -0.940. The van der Waals surface area contributed by atoms with Gasteiger partial charge in [0.2, 0.25) is 0 Å². The third-order valence-electron chi connectivity index (χ3n) is 6.61. The van der Waals surface area contributed by atoms with E-state index in [1.165, 1.54) is 63.0 Å². The Kier molecular flexibility index (Phi) is 4.90. The minimum absolute atomic E-state index is 0.428. The molecule has 0 unspecified atom stereocenters.